The summed E-state index contributed by atoms with van der Waals surface area (Å²) in [6.45, 7) is 7.42. The van der Waals surface area contributed by atoms with Crippen molar-refractivity contribution in [3.8, 4) is 0 Å². The summed E-state index contributed by atoms with van der Waals surface area (Å²) in [5, 5.41) is 13.6. The van der Waals surface area contributed by atoms with Gasteiger partial charge in [-0.2, -0.15) is 0 Å². The van der Waals surface area contributed by atoms with Crippen LogP contribution in [0.5, 0.6) is 0 Å². The van der Waals surface area contributed by atoms with Gasteiger partial charge >= 0.3 is 0 Å². The second-order valence-electron chi connectivity index (χ2n) is 5.97. The van der Waals surface area contributed by atoms with Crippen LogP contribution in [-0.2, 0) is 6.54 Å². The lowest BCUT2D eigenvalue weighted by Gasteiger charge is -2.25. The van der Waals surface area contributed by atoms with Gasteiger partial charge in [0.2, 0.25) is 0 Å². The van der Waals surface area contributed by atoms with Crippen LogP contribution < -0.4 is 10.2 Å². The first kappa shape index (κ1) is 15.6. The van der Waals surface area contributed by atoms with E-state index in [9.17, 15) is 5.11 Å². The zero-order valence-electron chi connectivity index (χ0n) is 12.4. The highest BCUT2D eigenvalue weighted by Crippen LogP contribution is 2.29. The maximum absolute atomic E-state index is 9.41. The Morgan fingerprint density at radius 1 is 1.45 bits per heavy atom. The van der Waals surface area contributed by atoms with Gasteiger partial charge in [0.25, 0.3) is 0 Å². The number of nitrogens with zero attached hydrogens (tertiary/aromatic N) is 1. The van der Waals surface area contributed by atoms with E-state index in [1.807, 2.05) is 6.07 Å². The van der Waals surface area contributed by atoms with Gasteiger partial charge in [-0.1, -0.05) is 31.5 Å². The van der Waals surface area contributed by atoms with E-state index in [0.717, 1.165) is 48.7 Å². The van der Waals surface area contributed by atoms with Crippen molar-refractivity contribution in [2.24, 2.45) is 5.92 Å². The molecule has 20 heavy (non-hydrogen) atoms. The fraction of sp³-hybridized carbons (Fsp3) is 0.625. The van der Waals surface area contributed by atoms with Crippen LogP contribution in [0.3, 0.4) is 0 Å². The molecular weight excluding hydrogens is 272 g/mol. The van der Waals surface area contributed by atoms with Crippen LogP contribution in [-0.4, -0.2) is 30.8 Å². The Kier molecular flexibility index (Phi) is 5.70. The summed E-state index contributed by atoms with van der Waals surface area (Å²) in [4.78, 5) is 2.26. The predicted octanol–water partition coefficient (Wildman–Crippen LogP) is 3.05. The Bertz CT molecular complexity index is 436. The van der Waals surface area contributed by atoms with Crippen LogP contribution in [0.2, 0.25) is 5.02 Å². The van der Waals surface area contributed by atoms with Gasteiger partial charge < -0.3 is 15.3 Å². The number of benzene rings is 1. The Morgan fingerprint density at radius 2 is 2.25 bits per heavy atom. The van der Waals surface area contributed by atoms with Crippen LogP contribution in [0.25, 0.3) is 0 Å². The van der Waals surface area contributed by atoms with E-state index in [2.05, 4.69) is 36.2 Å². The first-order valence-corrected chi connectivity index (χ1v) is 7.86. The first-order chi connectivity index (χ1) is 9.61. The molecule has 2 N–H and O–H groups in total. The quantitative estimate of drug-likeness (QED) is 0.847. The smallest absolute Gasteiger partial charge is 0.0635 e. The summed E-state index contributed by atoms with van der Waals surface area (Å²) < 4.78 is 0. The fourth-order valence-electron chi connectivity index (χ4n) is 2.72. The van der Waals surface area contributed by atoms with Crippen LogP contribution >= 0.6 is 11.6 Å². The summed E-state index contributed by atoms with van der Waals surface area (Å²) >= 11 is 6.38. The minimum atomic E-state index is 0.218. The monoisotopic (exact) mass is 296 g/mol. The summed E-state index contributed by atoms with van der Waals surface area (Å²) in [5.41, 5.74) is 2.26. The molecule has 1 saturated heterocycles. The first-order valence-electron chi connectivity index (χ1n) is 7.48. The van der Waals surface area contributed by atoms with Gasteiger partial charge in [-0.05, 0) is 43.0 Å². The zero-order valence-corrected chi connectivity index (χ0v) is 13.2. The molecule has 0 spiro atoms. The Morgan fingerprint density at radius 3 is 2.90 bits per heavy atom. The van der Waals surface area contributed by atoms with Crippen molar-refractivity contribution in [3.05, 3.63) is 28.8 Å². The second kappa shape index (κ2) is 7.30. The summed E-state index contributed by atoms with van der Waals surface area (Å²) in [7, 11) is 0. The molecule has 4 heteroatoms. The molecule has 0 bridgehead atoms. The third kappa shape index (κ3) is 3.87. The Hall–Kier alpha value is -0.770. The van der Waals surface area contributed by atoms with E-state index >= 15 is 0 Å². The molecule has 1 aliphatic rings. The molecule has 0 radical (unpaired) electrons. The molecule has 112 valence electrons. The van der Waals surface area contributed by atoms with Crippen LogP contribution in [0.1, 0.15) is 32.3 Å². The zero-order chi connectivity index (χ0) is 14.5. The van der Waals surface area contributed by atoms with Crippen LogP contribution in [0.4, 0.5) is 5.69 Å². The van der Waals surface area contributed by atoms with Gasteiger partial charge in [-0.15, -0.1) is 0 Å². The number of aliphatic hydroxyl groups excluding tert-OH is 1. The average Bonchev–Trinajstić information content (AvgIpc) is 2.88. The fourth-order valence-corrected chi connectivity index (χ4v) is 2.96. The lowest BCUT2D eigenvalue weighted by atomic mass is 10.1. The third-order valence-electron chi connectivity index (χ3n) is 3.82. The molecule has 1 heterocycles. The van der Waals surface area contributed by atoms with E-state index < -0.39 is 0 Å². The molecule has 1 atom stereocenters. The van der Waals surface area contributed by atoms with E-state index in [1.165, 1.54) is 0 Å². The van der Waals surface area contributed by atoms with E-state index in [-0.39, 0.29) is 12.6 Å². The molecule has 2 rings (SSSR count). The summed E-state index contributed by atoms with van der Waals surface area (Å²) in [6, 6.07) is 6.49. The molecule has 1 fully saturated rings. The highest BCUT2D eigenvalue weighted by Gasteiger charge is 2.24. The normalized spacial score (nSPS) is 19.1. The molecule has 0 amide bonds. The molecule has 0 aliphatic carbocycles. The molecule has 0 aromatic heterocycles. The average molecular weight is 297 g/mol. The van der Waals surface area contributed by atoms with Gasteiger partial charge in [0, 0.05) is 23.8 Å². The van der Waals surface area contributed by atoms with Gasteiger partial charge in [-0.25, -0.2) is 0 Å². The number of nitrogens with one attached hydrogen (secondary N) is 1. The van der Waals surface area contributed by atoms with Crippen LogP contribution in [0, 0.1) is 5.92 Å². The van der Waals surface area contributed by atoms with Crippen molar-refractivity contribution in [2.75, 3.05) is 24.6 Å². The van der Waals surface area contributed by atoms with E-state index in [0.29, 0.717) is 5.92 Å². The van der Waals surface area contributed by atoms with Crippen molar-refractivity contribution in [1.29, 1.82) is 0 Å². The number of anilines is 1. The maximum Gasteiger partial charge on any atom is 0.0635 e. The van der Waals surface area contributed by atoms with E-state index in [1.54, 1.807) is 0 Å². The molecular formula is C16H25ClN2O. The number of rotatable bonds is 6. The lowest BCUT2D eigenvalue weighted by Crippen LogP contribution is -2.32. The van der Waals surface area contributed by atoms with Gasteiger partial charge in [-0.3, -0.25) is 0 Å². The van der Waals surface area contributed by atoms with Crippen molar-refractivity contribution >= 4 is 17.3 Å². The highest BCUT2D eigenvalue weighted by molar-refractivity contribution is 6.31. The topological polar surface area (TPSA) is 35.5 Å². The van der Waals surface area contributed by atoms with E-state index in [4.69, 9.17) is 11.6 Å². The van der Waals surface area contributed by atoms with Gasteiger partial charge in [0.15, 0.2) is 0 Å². The maximum atomic E-state index is 9.41. The van der Waals surface area contributed by atoms with Crippen molar-refractivity contribution < 1.29 is 5.11 Å². The number of aliphatic hydroxyl groups is 1. The largest absolute Gasteiger partial charge is 0.394 e. The second-order valence-corrected chi connectivity index (χ2v) is 6.38. The Balaban J connectivity index is 2.02. The molecule has 1 aromatic rings. The van der Waals surface area contributed by atoms with Gasteiger partial charge in [0.05, 0.1) is 12.6 Å². The third-order valence-corrected chi connectivity index (χ3v) is 4.18. The summed E-state index contributed by atoms with van der Waals surface area (Å²) in [6.07, 6.45) is 2.20. The molecule has 1 aliphatic heterocycles. The van der Waals surface area contributed by atoms with Crippen LogP contribution in [0.15, 0.2) is 18.2 Å². The predicted molar refractivity (Wildman–Crippen MR) is 85.5 cm³/mol. The van der Waals surface area contributed by atoms with Crippen molar-refractivity contribution in [1.82, 2.24) is 5.32 Å². The lowest BCUT2D eigenvalue weighted by molar-refractivity contribution is 0.266. The molecule has 1 unspecified atom stereocenters. The number of hydrogen-bond acceptors (Lipinski definition) is 3. The SMILES string of the molecule is CC(C)CNCc1ccc(N2CCCC2CO)cc1Cl. The number of hydrogen-bond donors (Lipinski definition) is 2. The van der Waals surface area contributed by atoms with Crippen molar-refractivity contribution in [2.45, 2.75) is 39.3 Å². The number of halogens is 1. The molecule has 0 saturated carbocycles. The highest BCUT2D eigenvalue weighted by atomic mass is 35.5. The summed E-state index contributed by atoms with van der Waals surface area (Å²) in [5.74, 6) is 0.642. The van der Waals surface area contributed by atoms with Gasteiger partial charge in [0.1, 0.15) is 0 Å². The minimum absolute atomic E-state index is 0.218. The Labute approximate surface area is 126 Å². The minimum Gasteiger partial charge on any atom is -0.394 e. The van der Waals surface area contributed by atoms with Crippen molar-refractivity contribution in [3.63, 3.8) is 0 Å². The standard InChI is InChI=1S/C16H25ClN2O/c1-12(2)9-18-10-13-5-6-14(8-16(13)17)19-7-3-4-15(19)11-20/h5-6,8,12,15,18,20H,3-4,7,9-11H2,1-2H3. The molecule has 3 nitrogen and oxygen atoms in total. The molecule has 1 aromatic carbocycles.